The molecule has 2 aromatic rings. The second kappa shape index (κ2) is 12.7. The minimum absolute atomic E-state index is 0.0234. The van der Waals surface area contributed by atoms with Gasteiger partial charge in [0.25, 0.3) is 5.91 Å². The zero-order valence-corrected chi connectivity index (χ0v) is 26.5. The first-order valence-electron chi connectivity index (χ1n) is 16.0. The van der Waals surface area contributed by atoms with Gasteiger partial charge >= 0.3 is 0 Å². The first kappa shape index (κ1) is 31.6. The lowest BCUT2D eigenvalue weighted by Crippen LogP contribution is -2.62. The minimum Gasteiger partial charge on any atom is -0.394 e. The summed E-state index contributed by atoms with van der Waals surface area (Å²) in [5.41, 5.74) is 3.89. The summed E-state index contributed by atoms with van der Waals surface area (Å²) in [6.07, 6.45) is 0.686. The normalized spacial score (nSPS) is 30.4. The average Bonchev–Trinajstić information content (AvgIpc) is 3.37. The Morgan fingerprint density at radius 3 is 2.37 bits per heavy atom. The number of nitrogens with zero attached hydrogens (tertiary/aromatic N) is 2. The van der Waals surface area contributed by atoms with E-state index < -0.39 is 24.2 Å². The highest BCUT2D eigenvalue weighted by Gasteiger charge is 2.57. The number of carbonyl (C=O) groups is 2. The van der Waals surface area contributed by atoms with E-state index in [9.17, 15) is 19.8 Å². The fraction of sp³-hybridized carbons (Fsp3) is 0.600. The largest absolute Gasteiger partial charge is 0.394 e. The van der Waals surface area contributed by atoms with Crippen molar-refractivity contribution < 1.29 is 24.6 Å². The van der Waals surface area contributed by atoms with Gasteiger partial charge in [0.15, 0.2) is 0 Å². The van der Waals surface area contributed by atoms with Crippen LogP contribution in [0.3, 0.4) is 0 Å². The molecule has 0 radical (unpaired) electrons. The summed E-state index contributed by atoms with van der Waals surface area (Å²) in [4.78, 5) is 34.6. The van der Waals surface area contributed by atoms with E-state index >= 15 is 0 Å². The molecule has 3 saturated carbocycles. The van der Waals surface area contributed by atoms with E-state index in [0.29, 0.717) is 48.4 Å². The monoisotopic (exact) mass is 591 g/mol. The van der Waals surface area contributed by atoms with Gasteiger partial charge in [0, 0.05) is 30.6 Å². The predicted octanol–water partition coefficient (Wildman–Crippen LogP) is 4.50. The van der Waals surface area contributed by atoms with Crippen LogP contribution in [0, 0.1) is 29.1 Å². The molecule has 1 heterocycles. The van der Waals surface area contributed by atoms with Gasteiger partial charge in [-0.25, -0.2) is 0 Å². The Balaban J connectivity index is 1.33. The first-order valence-corrected chi connectivity index (χ1v) is 16.0. The van der Waals surface area contributed by atoms with Crippen LogP contribution in [-0.4, -0.2) is 76.0 Å². The van der Waals surface area contributed by atoms with Gasteiger partial charge < -0.3 is 20.4 Å². The molecule has 4 aliphatic rings. The van der Waals surface area contributed by atoms with E-state index in [4.69, 9.17) is 4.84 Å². The van der Waals surface area contributed by atoms with E-state index in [0.717, 1.165) is 23.1 Å². The molecule has 8 heteroatoms. The van der Waals surface area contributed by atoms with Crippen molar-refractivity contribution in [1.29, 1.82) is 0 Å². The van der Waals surface area contributed by atoms with Crippen molar-refractivity contribution in [2.45, 2.75) is 85.2 Å². The molecule has 0 spiro atoms. The summed E-state index contributed by atoms with van der Waals surface area (Å²) < 4.78 is 0. The first-order chi connectivity index (χ1) is 20.5. The fourth-order valence-corrected chi connectivity index (χ4v) is 8.01. The van der Waals surface area contributed by atoms with Gasteiger partial charge in [-0.2, -0.15) is 5.06 Å². The van der Waals surface area contributed by atoms with Crippen LogP contribution < -0.4 is 5.32 Å². The lowest BCUT2D eigenvalue weighted by molar-refractivity contribution is -0.183. The zero-order valence-electron chi connectivity index (χ0n) is 26.5. The van der Waals surface area contributed by atoms with Crippen molar-refractivity contribution in [2.75, 3.05) is 19.7 Å². The molecule has 2 bridgehead atoms. The number of fused-ring (bicyclic) bond motifs is 2. The summed E-state index contributed by atoms with van der Waals surface area (Å²) in [5, 5.41) is 25.8. The SMILES string of the molecule is CCN(CC)C(=O)c1ccc(-c2cccc(CN3O[C@@H](CO)[C@@H]([C@H](C)O)[C@H]3C(=O)N[C@H]3C[C@H]4C[C@@H](C3C)C4(C)C)c2)cc1. The van der Waals surface area contributed by atoms with Gasteiger partial charge in [0.05, 0.1) is 19.3 Å². The van der Waals surface area contributed by atoms with Crippen LogP contribution in [0.25, 0.3) is 11.1 Å². The Labute approximate surface area is 256 Å². The van der Waals surface area contributed by atoms with Gasteiger partial charge in [-0.15, -0.1) is 0 Å². The Morgan fingerprint density at radius 1 is 1.09 bits per heavy atom. The highest BCUT2D eigenvalue weighted by atomic mass is 16.7. The van der Waals surface area contributed by atoms with Crippen LogP contribution in [0.1, 0.15) is 70.3 Å². The molecule has 1 saturated heterocycles. The van der Waals surface area contributed by atoms with Crippen molar-refractivity contribution >= 4 is 11.8 Å². The van der Waals surface area contributed by atoms with Crippen LogP contribution in [-0.2, 0) is 16.2 Å². The average molecular weight is 592 g/mol. The number of hydroxylamine groups is 2. The number of aliphatic hydroxyl groups excluding tert-OH is 2. The maximum absolute atomic E-state index is 13.9. The van der Waals surface area contributed by atoms with Crippen LogP contribution >= 0.6 is 0 Å². The molecule has 2 amide bonds. The lowest BCUT2D eigenvalue weighted by Gasteiger charge is -2.62. The molecule has 234 valence electrons. The maximum atomic E-state index is 13.9. The molecule has 1 unspecified atom stereocenters. The molecule has 43 heavy (non-hydrogen) atoms. The highest BCUT2D eigenvalue weighted by Crippen LogP contribution is 2.61. The molecule has 3 N–H and O–H groups in total. The number of nitrogens with one attached hydrogen (secondary N) is 1. The summed E-state index contributed by atoms with van der Waals surface area (Å²) >= 11 is 0. The molecule has 3 aliphatic carbocycles. The Bertz CT molecular complexity index is 1290. The smallest absolute Gasteiger partial charge is 0.253 e. The Hall–Kier alpha value is -2.78. The molecular weight excluding hydrogens is 542 g/mol. The number of rotatable bonds is 10. The van der Waals surface area contributed by atoms with E-state index in [1.807, 2.05) is 56.3 Å². The Morgan fingerprint density at radius 2 is 1.79 bits per heavy atom. The number of aliphatic hydroxyl groups is 2. The number of carbonyl (C=O) groups excluding carboxylic acids is 2. The maximum Gasteiger partial charge on any atom is 0.253 e. The van der Waals surface area contributed by atoms with Gasteiger partial charge in [-0.3, -0.25) is 14.4 Å². The molecular formula is C35H49N3O5. The van der Waals surface area contributed by atoms with Gasteiger partial charge in [-0.1, -0.05) is 51.1 Å². The van der Waals surface area contributed by atoms with E-state index in [2.05, 4.69) is 32.2 Å². The van der Waals surface area contributed by atoms with Crippen LogP contribution in [0.5, 0.6) is 0 Å². The molecule has 6 rings (SSSR count). The third-order valence-corrected chi connectivity index (χ3v) is 10.8. The van der Waals surface area contributed by atoms with Crippen molar-refractivity contribution in [1.82, 2.24) is 15.3 Å². The number of hydrogen-bond acceptors (Lipinski definition) is 6. The molecule has 1 aliphatic heterocycles. The van der Waals surface area contributed by atoms with Crippen molar-refractivity contribution in [3.05, 3.63) is 59.7 Å². The van der Waals surface area contributed by atoms with Crippen molar-refractivity contribution in [3.63, 3.8) is 0 Å². The fourth-order valence-electron chi connectivity index (χ4n) is 8.01. The third kappa shape index (κ3) is 5.99. The van der Waals surface area contributed by atoms with Crippen molar-refractivity contribution in [3.8, 4) is 11.1 Å². The summed E-state index contributed by atoms with van der Waals surface area (Å²) in [6.45, 7) is 13.9. The van der Waals surface area contributed by atoms with Gasteiger partial charge in [0.2, 0.25) is 5.91 Å². The van der Waals surface area contributed by atoms with Crippen molar-refractivity contribution in [2.24, 2.45) is 29.1 Å². The molecule has 2 aromatic carbocycles. The molecule has 8 nitrogen and oxygen atoms in total. The summed E-state index contributed by atoms with van der Waals surface area (Å²) in [6, 6.07) is 15.0. The number of benzene rings is 2. The summed E-state index contributed by atoms with van der Waals surface area (Å²) in [7, 11) is 0. The van der Waals surface area contributed by atoms with Crippen LogP contribution in [0.15, 0.2) is 48.5 Å². The number of hydrogen-bond donors (Lipinski definition) is 3. The predicted molar refractivity (Wildman–Crippen MR) is 167 cm³/mol. The highest BCUT2D eigenvalue weighted by molar-refractivity contribution is 5.94. The second-order valence-electron chi connectivity index (χ2n) is 13.5. The van der Waals surface area contributed by atoms with Crippen LogP contribution in [0.4, 0.5) is 0 Å². The van der Waals surface area contributed by atoms with E-state index in [-0.39, 0.29) is 24.5 Å². The van der Waals surface area contributed by atoms with Crippen LogP contribution in [0.2, 0.25) is 0 Å². The zero-order chi connectivity index (χ0) is 31.1. The summed E-state index contributed by atoms with van der Waals surface area (Å²) in [5.74, 6) is 0.896. The van der Waals surface area contributed by atoms with Gasteiger partial charge in [-0.05, 0) is 91.7 Å². The molecule has 4 fully saturated rings. The van der Waals surface area contributed by atoms with E-state index in [1.54, 1.807) is 16.9 Å². The third-order valence-electron chi connectivity index (χ3n) is 10.8. The lowest BCUT2D eigenvalue weighted by atomic mass is 9.45. The topological polar surface area (TPSA) is 102 Å². The Kier molecular flexibility index (Phi) is 9.33. The minimum atomic E-state index is -0.835. The second-order valence-corrected chi connectivity index (χ2v) is 13.5. The molecule has 0 aromatic heterocycles. The quantitative estimate of drug-likeness (QED) is 0.376. The van der Waals surface area contributed by atoms with E-state index in [1.165, 1.54) is 6.42 Å². The molecule has 8 atom stereocenters. The standard InChI is InChI=1S/C35H49N3O5/c1-7-37(8-2)34(42)25-14-12-24(13-15-25)26-11-9-10-23(16-26)19-38-32(31(22(4)40)30(20-39)43-38)33(41)36-29-18-27-17-28(21(29)3)35(27,5)6/h9-16,21-22,27-32,39-40H,7-8,17-20H2,1-6H3,(H,36,41)/t21?,22-,27+,28-,29-,30-,31+,32-/m0/s1. The number of amides is 2. The van der Waals surface area contributed by atoms with Gasteiger partial charge in [0.1, 0.15) is 12.1 Å².